The molecule has 0 aliphatic heterocycles. The van der Waals surface area contributed by atoms with Crippen molar-refractivity contribution in [2.45, 2.75) is 25.9 Å². The van der Waals surface area contributed by atoms with E-state index in [1.807, 2.05) is 36.4 Å². The van der Waals surface area contributed by atoms with Gasteiger partial charge in [-0.25, -0.2) is 4.79 Å². The number of rotatable bonds is 6. The summed E-state index contributed by atoms with van der Waals surface area (Å²) in [7, 11) is 0. The standard InChI is InChI=1S/C17H17IO3/c1-2-3-16(21-15-10-8-14(18)9-11-15)12-4-6-13(7-5-12)17(19)20/h4-11,16H,2-3H2,1H3,(H,19,20). The van der Waals surface area contributed by atoms with Gasteiger partial charge in [0.15, 0.2) is 0 Å². The monoisotopic (exact) mass is 396 g/mol. The summed E-state index contributed by atoms with van der Waals surface area (Å²) in [6, 6.07) is 14.8. The molecule has 21 heavy (non-hydrogen) atoms. The first-order valence-electron chi connectivity index (χ1n) is 6.85. The van der Waals surface area contributed by atoms with Gasteiger partial charge in [-0.05, 0) is 71.0 Å². The number of carboxylic acid groups (broad SMARTS) is 1. The Hall–Kier alpha value is -1.56. The fourth-order valence-electron chi connectivity index (χ4n) is 2.07. The second-order valence-electron chi connectivity index (χ2n) is 4.78. The largest absolute Gasteiger partial charge is 0.486 e. The first kappa shape index (κ1) is 15.8. The molecule has 0 aliphatic rings. The normalized spacial score (nSPS) is 11.9. The number of carbonyl (C=O) groups is 1. The zero-order valence-electron chi connectivity index (χ0n) is 11.8. The lowest BCUT2D eigenvalue weighted by Crippen LogP contribution is -2.08. The van der Waals surface area contributed by atoms with Crippen LogP contribution in [0.25, 0.3) is 0 Å². The predicted octanol–water partition coefficient (Wildman–Crippen LogP) is 4.91. The minimum Gasteiger partial charge on any atom is -0.486 e. The van der Waals surface area contributed by atoms with E-state index < -0.39 is 5.97 Å². The highest BCUT2D eigenvalue weighted by atomic mass is 127. The third-order valence-corrected chi connectivity index (χ3v) is 3.89. The summed E-state index contributed by atoms with van der Waals surface area (Å²) in [4.78, 5) is 10.9. The Morgan fingerprint density at radius 1 is 1.14 bits per heavy atom. The molecule has 1 unspecified atom stereocenters. The summed E-state index contributed by atoms with van der Waals surface area (Å²) in [6.45, 7) is 2.11. The average molecular weight is 396 g/mol. The van der Waals surface area contributed by atoms with Gasteiger partial charge in [0.1, 0.15) is 11.9 Å². The second kappa shape index (κ2) is 7.45. The van der Waals surface area contributed by atoms with E-state index in [0.717, 1.165) is 27.7 Å². The molecule has 0 saturated carbocycles. The molecule has 0 saturated heterocycles. The summed E-state index contributed by atoms with van der Waals surface area (Å²) in [6.07, 6.45) is 1.83. The van der Waals surface area contributed by atoms with Crippen LogP contribution in [-0.4, -0.2) is 11.1 Å². The zero-order valence-corrected chi connectivity index (χ0v) is 13.9. The SMILES string of the molecule is CCCC(Oc1ccc(I)cc1)c1ccc(C(=O)O)cc1. The topological polar surface area (TPSA) is 46.5 Å². The maximum atomic E-state index is 10.9. The van der Waals surface area contributed by atoms with E-state index in [2.05, 4.69) is 29.5 Å². The van der Waals surface area contributed by atoms with Crippen LogP contribution in [0, 0.1) is 3.57 Å². The molecule has 0 spiro atoms. The van der Waals surface area contributed by atoms with Gasteiger partial charge in [0, 0.05) is 3.57 Å². The van der Waals surface area contributed by atoms with E-state index in [4.69, 9.17) is 9.84 Å². The molecule has 2 aromatic rings. The van der Waals surface area contributed by atoms with Gasteiger partial charge in [-0.2, -0.15) is 0 Å². The smallest absolute Gasteiger partial charge is 0.335 e. The van der Waals surface area contributed by atoms with Crippen LogP contribution >= 0.6 is 22.6 Å². The number of benzene rings is 2. The molecule has 1 N–H and O–H groups in total. The summed E-state index contributed by atoms with van der Waals surface area (Å²) < 4.78 is 7.21. The third-order valence-electron chi connectivity index (χ3n) is 3.17. The van der Waals surface area contributed by atoms with E-state index >= 15 is 0 Å². The quantitative estimate of drug-likeness (QED) is 0.706. The number of carboxylic acids is 1. The Morgan fingerprint density at radius 2 is 1.76 bits per heavy atom. The Balaban J connectivity index is 2.17. The third kappa shape index (κ3) is 4.46. The Kier molecular flexibility index (Phi) is 5.61. The van der Waals surface area contributed by atoms with Crippen LogP contribution in [0.15, 0.2) is 48.5 Å². The van der Waals surface area contributed by atoms with E-state index in [9.17, 15) is 4.79 Å². The summed E-state index contributed by atoms with van der Waals surface area (Å²) >= 11 is 2.26. The molecule has 0 fully saturated rings. The maximum Gasteiger partial charge on any atom is 0.335 e. The van der Waals surface area contributed by atoms with E-state index in [-0.39, 0.29) is 6.10 Å². The average Bonchev–Trinajstić information content (AvgIpc) is 2.49. The van der Waals surface area contributed by atoms with Crippen LogP contribution in [0.4, 0.5) is 0 Å². The minimum absolute atomic E-state index is 0.0575. The number of halogens is 1. The molecule has 0 aliphatic carbocycles. The molecule has 1 atom stereocenters. The molecule has 3 nitrogen and oxygen atoms in total. The van der Waals surface area contributed by atoms with Crippen molar-refractivity contribution in [2.24, 2.45) is 0 Å². The molecule has 0 aromatic heterocycles. The van der Waals surface area contributed by atoms with Crippen molar-refractivity contribution in [1.29, 1.82) is 0 Å². The van der Waals surface area contributed by atoms with Crippen molar-refractivity contribution in [1.82, 2.24) is 0 Å². The van der Waals surface area contributed by atoms with E-state index in [0.29, 0.717) is 5.56 Å². The first-order chi connectivity index (χ1) is 10.1. The van der Waals surface area contributed by atoms with Gasteiger partial charge in [-0.1, -0.05) is 25.5 Å². The van der Waals surface area contributed by atoms with Gasteiger partial charge in [-0.3, -0.25) is 0 Å². The van der Waals surface area contributed by atoms with E-state index in [1.165, 1.54) is 0 Å². The van der Waals surface area contributed by atoms with Crippen LogP contribution in [0.2, 0.25) is 0 Å². The van der Waals surface area contributed by atoms with Crippen LogP contribution in [0.3, 0.4) is 0 Å². The van der Waals surface area contributed by atoms with Gasteiger partial charge >= 0.3 is 5.97 Å². The van der Waals surface area contributed by atoms with Crippen LogP contribution < -0.4 is 4.74 Å². The second-order valence-corrected chi connectivity index (χ2v) is 6.02. The predicted molar refractivity (Wildman–Crippen MR) is 90.8 cm³/mol. The fraction of sp³-hybridized carbons (Fsp3) is 0.235. The van der Waals surface area contributed by atoms with Gasteiger partial charge in [-0.15, -0.1) is 0 Å². The van der Waals surface area contributed by atoms with Crippen LogP contribution in [0.5, 0.6) is 5.75 Å². The van der Waals surface area contributed by atoms with Gasteiger partial charge in [0.2, 0.25) is 0 Å². The van der Waals surface area contributed by atoms with Crippen molar-refractivity contribution < 1.29 is 14.6 Å². The molecule has 110 valence electrons. The molecule has 2 rings (SSSR count). The molecule has 2 aromatic carbocycles. The van der Waals surface area contributed by atoms with Gasteiger partial charge < -0.3 is 9.84 Å². The first-order valence-corrected chi connectivity index (χ1v) is 7.93. The minimum atomic E-state index is -0.910. The van der Waals surface area contributed by atoms with Crippen LogP contribution in [-0.2, 0) is 0 Å². The maximum absolute atomic E-state index is 10.9. The lowest BCUT2D eigenvalue weighted by Gasteiger charge is -2.19. The molecular weight excluding hydrogens is 379 g/mol. The van der Waals surface area contributed by atoms with Gasteiger partial charge in [0.25, 0.3) is 0 Å². The molecular formula is C17H17IO3. The van der Waals surface area contributed by atoms with Crippen molar-refractivity contribution in [3.63, 3.8) is 0 Å². The highest BCUT2D eigenvalue weighted by Crippen LogP contribution is 2.26. The highest BCUT2D eigenvalue weighted by Gasteiger charge is 2.13. The van der Waals surface area contributed by atoms with E-state index in [1.54, 1.807) is 12.1 Å². The number of ether oxygens (including phenoxy) is 1. The van der Waals surface area contributed by atoms with Crippen LogP contribution in [0.1, 0.15) is 41.8 Å². The summed E-state index contributed by atoms with van der Waals surface area (Å²) in [5.74, 6) is -0.0803. The number of hydrogen-bond acceptors (Lipinski definition) is 2. The fourth-order valence-corrected chi connectivity index (χ4v) is 2.43. The van der Waals surface area contributed by atoms with Crippen molar-refractivity contribution in [3.05, 3.63) is 63.2 Å². The molecule has 0 radical (unpaired) electrons. The van der Waals surface area contributed by atoms with Crippen molar-refractivity contribution in [3.8, 4) is 5.75 Å². The molecule has 0 heterocycles. The Morgan fingerprint density at radius 3 is 2.29 bits per heavy atom. The number of hydrogen-bond donors (Lipinski definition) is 1. The lowest BCUT2D eigenvalue weighted by molar-refractivity contribution is 0.0696. The Bertz CT molecular complexity index is 590. The molecule has 0 bridgehead atoms. The van der Waals surface area contributed by atoms with Crippen molar-refractivity contribution in [2.75, 3.05) is 0 Å². The number of aromatic carboxylic acids is 1. The molecule has 0 amide bonds. The van der Waals surface area contributed by atoms with Gasteiger partial charge in [0.05, 0.1) is 5.56 Å². The Labute approximate surface area is 138 Å². The summed E-state index contributed by atoms with van der Waals surface area (Å²) in [5.41, 5.74) is 1.30. The highest BCUT2D eigenvalue weighted by molar-refractivity contribution is 14.1. The summed E-state index contributed by atoms with van der Waals surface area (Å²) in [5, 5.41) is 8.95. The zero-order chi connectivity index (χ0) is 15.2. The lowest BCUT2D eigenvalue weighted by atomic mass is 10.0. The molecule has 4 heteroatoms. The van der Waals surface area contributed by atoms with Crippen molar-refractivity contribution >= 4 is 28.6 Å².